The number of carbonyl (C=O) groups is 1. The van der Waals surface area contributed by atoms with Crippen molar-refractivity contribution in [2.24, 2.45) is 0 Å². The van der Waals surface area contributed by atoms with E-state index in [2.05, 4.69) is 14.9 Å². The zero-order chi connectivity index (χ0) is 14.4. The second-order valence-corrected chi connectivity index (χ2v) is 4.71. The van der Waals surface area contributed by atoms with Crippen LogP contribution in [-0.2, 0) is 17.9 Å². The lowest BCUT2D eigenvalue weighted by Gasteiger charge is -2.20. The van der Waals surface area contributed by atoms with Crippen molar-refractivity contribution in [3.05, 3.63) is 36.7 Å². The third kappa shape index (κ3) is 4.20. The number of nitrogens with zero attached hydrogens (tertiary/aromatic N) is 4. The smallest absolute Gasteiger partial charge is 0.223 e. The summed E-state index contributed by atoms with van der Waals surface area (Å²) < 4.78 is 9.93. The van der Waals surface area contributed by atoms with E-state index in [-0.39, 0.29) is 5.91 Å². The van der Waals surface area contributed by atoms with Crippen molar-refractivity contribution < 1.29 is 13.6 Å². The summed E-state index contributed by atoms with van der Waals surface area (Å²) in [6.45, 7) is 1.82. The van der Waals surface area contributed by atoms with Gasteiger partial charge in [0.05, 0.1) is 11.4 Å². The third-order valence-electron chi connectivity index (χ3n) is 2.88. The Bertz CT molecular complexity index is 471. The van der Waals surface area contributed by atoms with Crippen LogP contribution < -0.4 is 0 Å². The highest BCUT2D eigenvalue weighted by molar-refractivity contribution is 5.75. The highest BCUT2D eigenvalue weighted by Crippen LogP contribution is 2.08. The summed E-state index contributed by atoms with van der Waals surface area (Å²) in [6, 6.07) is 0. The highest BCUT2D eigenvalue weighted by atomic mass is 16.3. The van der Waals surface area contributed by atoms with Gasteiger partial charge in [0.25, 0.3) is 0 Å². The summed E-state index contributed by atoms with van der Waals surface area (Å²) in [5.41, 5.74) is 1.65. The van der Waals surface area contributed by atoms with Crippen molar-refractivity contribution >= 4 is 5.91 Å². The van der Waals surface area contributed by atoms with Gasteiger partial charge in [0.1, 0.15) is 12.5 Å². The average molecular weight is 278 g/mol. The van der Waals surface area contributed by atoms with E-state index in [0.717, 1.165) is 11.4 Å². The number of carbonyl (C=O) groups excluding carboxylic acids is 1. The van der Waals surface area contributed by atoms with Gasteiger partial charge < -0.3 is 13.7 Å². The Labute approximate surface area is 117 Å². The lowest BCUT2D eigenvalue weighted by molar-refractivity contribution is -0.129. The molecule has 0 atom stereocenters. The Morgan fingerprint density at radius 3 is 2.05 bits per heavy atom. The summed E-state index contributed by atoms with van der Waals surface area (Å²) in [5, 5.41) is 0. The SMILES string of the molecule is CN(C)C(=O)CCN(Cc1cocn1)Cc1cocn1. The quantitative estimate of drug-likeness (QED) is 0.756. The van der Waals surface area contributed by atoms with Crippen LogP contribution in [0.2, 0.25) is 0 Å². The molecule has 0 unspecified atom stereocenters. The van der Waals surface area contributed by atoms with E-state index >= 15 is 0 Å². The maximum absolute atomic E-state index is 11.7. The number of amides is 1. The minimum absolute atomic E-state index is 0.0929. The summed E-state index contributed by atoms with van der Waals surface area (Å²) in [4.78, 5) is 23.6. The maximum atomic E-state index is 11.7. The molecule has 0 spiro atoms. The zero-order valence-corrected chi connectivity index (χ0v) is 11.7. The first kappa shape index (κ1) is 14.3. The molecule has 2 rings (SSSR count). The largest absolute Gasteiger partial charge is 0.451 e. The van der Waals surface area contributed by atoms with Gasteiger partial charge in [-0.2, -0.15) is 0 Å². The molecule has 0 fully saturated rings. The van der Waals surface area contributed by atoms with Crippen LogP contribution in [0.3, 0.4) is 0 Å². The van der Waals surface area contributed by atoms with Gasteiger partial charge in [0, 0.05) is 40.2 Å². The van der Waals surface area contributed by atoms with Gasteiger partial charge in [-0.25, -0.2) is 9.97 Å². The van der Waals surface area contributed by atoms with E-state index in [1.807, 2.05) is 0 Å². The van der Waals surface area contributed by atoms with Crippen molar-refractivity contribution in [1.82, 2.24) is 19.8 Å². The van der Waals surface area contributed by atoms with Crippen LogP contribution >= 0.6 is 0 Å². The van der Waals surface area contributed by atoms with E-state index in [4.69, 9.17) is 8.83 Å². The predicted molar refractivity (Wildman–Crippen MR) is 70.4 cm³/mol. The van der Waals surface area contributed by atoms with E-state index in [9.17, 15) is 4.79 Å². The Hall–Kier alpha value is -2.15. The fourth-order valence-electron chi connectivity index (χ4n) is 1.78. The number of hydrogen-bond donors (Lipinski definition) is 0. The van der Waals surface area contributed by atoms with Crippen LogP contribution in [0.5, 0.6) is 0 Å². The monoisotopic (exact) mass is 278 g/mol. The van der Waals surface area contributed by atoms with E-state index < -0.39 is 0 Å². The topological polar surface area (TPSA) is 75.6 Å². The van der Waals surface area contributed by atoms with Crippen molar-refractivity contribution in [2.75, 3.05) is 20.6 Å². The first-order valence-electron chi connectivity index (χ1n) is 6.32. The van der Waals surface area contributed by atoms with Crippen LogP contribution in [0.4, 0.5) is 0 Å². The molecule has 20 heavy (non-hydrogen) atoms. The molecule has 1 amide bonds. The number of aromatic nitrogens is 2. The van der Waals surface area contributed by atoms with Gasteiger partial charge in [-0.15, -0.1) is 0 Å². The second-order valence-electron chi connectivity index (χ2n) is 4.71. The summed E-state index contributed by atoms with van der Waals surface area (Å²) in [7, 11) is 3.50. The number of rotatable bonds is 7. The van der Waals surface area contributed by atoms with Crippen LogP contribution in [-0.4, -0.2) is 46.3 Å². The van der Waals surface area contributed by atoms with Crippen LogP contribution in [0, 0.1) is 0 Å². The summed E-state index contributed by atoms with van der Waals surface area (Å²) >= 11 is 0. The molecule has 0 saturated carbocycles. The van der Waals surface area contributed by atoms with E-state index in [1.165, 1.54) is 12.8 Å². The average Bonchev–Trinajstić information content (AvgIpc) is 3.08. The highest BCUT2D eigenvalue weighted by Gasteiger charge is 2.13. The van der Waals surface area contributed by atoms with Crippen molar-refractivity contribution in [2.45, 2.75) is 19.5 Å². The Morgan fingerprint density at radius 1 is 1.10 bits per heavy atom. The first-order valence-corrected chi connectivity index (χ1v) is 6.32. The molecule has 2 heterocycles. The molecule has 0 bridgehead atoms. The maximum Gasteiger partial charge on any atom is 0.223 e. The predicted octanol–water partition coefficient (Wildman–Crippen LogP) is 1.14. The number of oxazole rings is 2. The molecular formula is C13H18N4O3. The molecule has 0 radical (unpaired) electrons. The second kappa shape index (κ2) is 6.85. The fraction of sp³-hybridized carbons (Fsp3) is 0.462. The summed E-state index contributed by atoms with van der Waals surface area (Å²) in [6.07, 6.45) is 6.44. The van der Waals surface area contributed by atoms with E-state index in [1.54, 1.807) is 31.5 Å². The Kier molecular flexibility index (Phi) is 4.89. The molecule has 2 aromatic heterocycles. The normalized spacial score (nSPS) is 10.9. The zero-order valence-electron chi connectivity index (χ0n) is 11.7. The Morgan fingerprint density at radius 2 is 1.65 bits per heavy atom. The lowest BCUT2D eigenvalue weighted by atomic mass is 10.3. The van der Waals surface area contributed by atoms with Crippen molar-refractivity contribution in [1.29, 1.82) is 0 Å². The molecule has 0 aliphatic rings. The van der Waals surface area contributed by atoms with Crippen LogP contribution in [0.1, 0.15) is 17.8 Å². The lowest BCUT2D eigenvalue weighted by Crippen LogP contribution is -2.30. The molecule has 7 nitrogen and oxygen atoms in total. The van der Waals surface area contributed by atoms with Gasteiger partial charge in [-0.05, 0) is 0 Å². The molecule has 108 valence electrons. The molecule has 0 aromatic carbocycles. The van der Waals surface area contributed by atoms with Gasteiger partial charge in [0.2, 0.25) is 5.91 Å². The minimum atomic E-state index is 0.0929. The Balaban J connectivity index is 1.94. The van der Waals surface area contributed by atoms with Crippen molar-refractivity contribution in [3.63, 3.8) is 0 Å². The van der Waals surface area contributed by atoms with Crippen molar-refractivity contribution in [3.8, 4) is 0 Å². The third-order valence-corrected chi connectivity index (χ3v) is 2.88. The molecule has 0 aliphatic heterocycles. The molecular weight excluding hydrogens is 260 g/mol. The van der Waals surface area contributed by atoms with Crippen LogP contribution in [0.25, 0.3) is 0 Å². The summed E-state index contributed by atoms with van der Waals surface area (Å²) in [5.74, 6) is 0.0929. The molecule has 0 N–H and O–H groups in total. The van der Waals surface area contributed by atoms with Gasteiger partial charge in [-0.3, -0.25) is 9.69 Å². The fourth-order valence-corrected chi connectivity index (χ4v) is 1.78. The molecule has 0 saturated heterocycles. The van der Waals surface area contributed by atoms with Gasteiger partial charge in [-0.1, -0.05) is 0 Å². The molecule has 7 heteroatoms. The first-order chi connectivity index (χ1) is 9.65. The molecule has 2 aromatic rings. The molecule has 0 aliphatic carbocycles. The standard InChI is InChI=1S/C13H18N4O3/c1-16(2)13(18)3-4-17(5-11-7-19-9-14-11)6-12-8-20-10-15-12/h7-10H,3-6H2,1-2H3. The minimum Gasteiger partial charge on any atom is -0.451 e. The van der Waals surface area contributed by atoms with Gasteiger partial charge >= 0.3 is 0 Å². The van der Waals surface area contributed by atoms with Crippen LogP contribution in [0.15, 0.2) is 34.1 Å². The van der Waals surface area contributed by atoms with E-state index in [0.29, 0.717) is 26.1 Å². The number of hydrogen-bond acceptors (Lipinski definition) is 6. The van der Waals surface area contributed by atoms with Gasteiger partial charge in [0.15, 0.2) is 12.8 Å².